The van der Waals surface area contributed by atoms with Crippen LogP contribution in [0.2, 0.25) is 0 Å². The van der Waals surface area contributed by atoms with E-state index in [4.69, 9.17) is 4.42 Å². The van der Waals surface area contributed by atoms with Crippen LogP contribution in [-0.4, -0.2) is 35.7 Å². The van der Waals surface area contributed by atoms with Gasteiger partial charge in [-0.05, 0) is 13.0 Å². The fourth-order valence-corrected chi connectivity index (χ4v) is 2.59. The van der Waals surface area contributed by atoms with Gasteiger partial charge >= 0.3 is 11.8 Å². The molecule has 28 heavy (non-hydrogen) atoms. The van der Waals surface area contributed by atoms with Gasteiger partial charge in [0.25, 0.3) is 5.95 Å². The number of aromatic amines is 1. The molecule has 12 heteroatoms. The van der Waals surface area contributed by atoms with Gasteiger partial charge in [0.05, 0.1) is 17.2 Å². The zero-order chi connectivity index (χ0) is 19.7. The molecular formula is C16H13FN8O3. The van der Waals surface area contributed by atoms with Crippen LogP contribution >= 0.6 is 0 Å². The Labute approximate surface area is 155 Å². The van der Waals surface area contributed by atoms with Crippen molar-refractivity contribution in [3.05, 3.63) is 59.1 Å². The van der Waals surface area contributed by atoms with Gasteiger partial charge in [0.15, 0.2) is 11.4 Å². The number of anilines is 1. The van der Waals surface area contributed by atoms with Gasteiger partial charge in [-0.2, -0.15) is 9.78 Å². The molecule has 0 saturated carbocycles. The van der Waals surface area contributed by atoms with Crippen LogP contribution in [0, 0.1) is 5.82 Å². The van der Waals surface area contributed by atoms with Crippen LogP contribution in [0.25, 0.3) is 17.0 Å². The smallest absolute Gasteiger partial charge is 0.408 e. The van der Waals surface area contributed by atoms with Gasteiger partial charge in [0.2, 0.25) is 0 Å². The van der Waals surface area contributed by atoms with Crippen molar-refractivity contribution in [2.24, 2.45) is 0 Å². The average molecular weight is 384 g/mol. The molecule has 0 saturated heterocycles. The fraction of sp³-hybridized carbons (Fsp3) is 0.125. The van der Waals surface area contributed by atoms with Crippen molar-refractivity contribution >= 4 is 22.8 Å². The molecule has 4 rings (SSSR count). The third-order valence-corrected chi connectivity index (χ3v) is 3.81. The second-order valence-electron chi connectivity index (χ2n) is 5.74. The molecule has 4 aromatic rings. The number of nitrogens with zero attached hydrogens (tertiary/aromatic N) is 5. The Balaban J connectivity index is 1.51. The summed E-state index contributed by atoms with van der Waals surface area (Å²) >= 11 is 0. The van der Waals surface area contributed by atoms with Gasteiger partial charge in [-0.15, -0.1) is 0 Å². The van der Waals surface area contributed by atoms with Gasteiger partial charge in [0, 0.05) is 24.5 Å². The highest BCUT2D eigenvalue weighted by Crippen LogP contribution is 2.21. The van der Waals surface area contributed by atoms with Crippen molar-refractivity contribution in [2.75, 3.05) is 5.32 Å². The number of amides is 2. The van der Waals surface area contributed by atoms with E-state index in [1.54, 1.807) is 25.4 Å². The fourth-order valence-electron chi connectivity index (χ4n) is 2.59. The van der Waals surface area contributed by atoms with Crippen LogP contribution in [0.3, 0.4) is 0 Å². The Morgan fingerprint density at radius 1 is 1.29 bits per heavy atom. The summed E-state index contributed by atoms with van der Waals surface area (Å²) in [4.78, 5) is 38.1. The first-order valence-electron chi connectivity index (χ1n) is 8.08. The third-order valence-electron chi connectivity index (χ3n) is 3.81. The number of carbonyl (C=O) groups excluding carboxylic acids is 1. The molecular weight excluding hydrogens is 371 g/mol. The predicted octanol–water partition coefficient (Wildman–Crippen LogP) is 1.51. The Kier molecular flexibility index (Phi) is 4.27. The minimum atomic E-state index is -0.729. The van der Waals surface area contributed by atoms with Gasteiger partial charge in [-0.3, -0.25) is 4.98 Å². The lowest BCUT2D eigenvalue weighted by molar-refractivity contribution is 0.248. The highest BCUT2D eigenvalue weighted by molar-refractivity contribution is 5.91. The lowest BCUT2D eigenvalue weighted by atomic mass is 10.2. The van der Waals surface area contributed by atoms with Gasteiger partial charge in [-0.1, -0.05) is 0 Å². The molecule has 0 aliphatic rings. The molecule has 1 atom stereocenters. The third kappa shape index (κ3) is 3.30. The number of halogens is 1. The number of nitrogens with one attached hydrogen (secondary N) is 3. The predicted molar refractivity (Wildman–Crippen MR) is 94.3 cm³/mol. The Bertz CT molecular complexity index is 1200. The minimum Gasteiger partial charge on any atom is -0.408 e. The van der Waals surface area contributed by atoms with Gasteiger partial charge in [-0.25, -0.2) is 28.9 Å². The molecule has 2 amide bonds. The highest BCUT2D eigenvalue weighted by Gasteiger charge is 2.19. The van der Waals surface area contributed by atoms with Crippen molar-refractivity contribution in [1.29, 1.82) is 0 Å². The average Bonchev–Trinajstić information content (AvgIpc) is 3.28. The number of rotatable bonds is 4. The summed E-state index contributed by atoms with van der Waals surface area (Å²) in [5.41, 5.74) is 0.168. The topological polar surface area (TPSA) is 144 Å². The monoisotopic (exact) mass is 384 g/mol. The molecule has 0 aliphatic heterocycles. The Morgan fingerprint density at radius 3 is 2.86 bits per heavy atom. The molecule has 0 radical (unpaired) electrons. The molecule has 3 N–H and O–H groups in total. The number of fused-ring (bicyclic) bond motifs is 1. The standard InChI is InChI=1S/C16H13FN8O3/c1-8(13-20-7-21-25(13)14-18-3-2-4-19-14)22-15(26)23-10-6-12-11(5-9(10)17)24-16(27)28-12/h2-8H,1H3,(H,24,27)(H2,22,23,26)/t8-/m0/s1. The molecule has 0 spiro atoms. The number of H-pyrrole nitrogens is 1. The SMILES string of the molecule is C[C@H](NC(=O)Nc1cc2oc(=O)[nH]c2cc1F)c1ncnn1-c1ncccn1. The minimum absolute atomic E-state index is 0.121. The van der Waals surface area contributed by atoms with Crippen molar-refractivity contribution in [1.82, 2.24) is 35.0 Å². The van der Waals surface area contributed by atoms with E-state index in [1.165, 1.54) is 17.1 Å². The van der Waals surface area contributed by atoms with E-state index >= 15 is 0 Å². The second-order valence-corrected chi connectivity index (χ2v) is 5.74. The van der Waals surface area contributed by atoms with Crippen molar-refractivity contribution in [2.45, 2.75) is 13.0 Å². The first-order chi connectivity index (χ1) is 13.5. The summed E-state index contributed by atoms with van der Waals surface area (Å²) < 4.78 is 20.4. The lowest BCUT2D eigenvalue weighted by Gasteiger charge is -2.14. The van der Waals surface area contributed by atoms with Crippen LogP contribution in [0.5, 0.6) is 0 Å². The first kappa shape index (κ1) is 17.3. The molecule has 3 heterocycles. The molecule has 3 aromatic heterocycles. The number of hydrogen-bond donors (Lipinski definition) is 3. The van der Waals surface area contributed by atoms with Crippen molar-refractivity contribution in [3.63, 3.8) is 0 Å². The second kappa shape index (κ2) is 6.90. The van der Waals surface area contributed by atoms with E-state index < -0.39 is 23.6 Å². The van der Waals surface area contributed by atoms with Crippen molar-refractivity contribution < 1.29 is 13.6 Å². The van der Waals surface area contributed by atoms with Crippen LogP contribution in [0.1, 0.15) is 18.8 Å². The van der Waals surface area contributed by atoms with Gasteiger partial charge < -0.3 is 15.1 Å². The van der Waals surface area contributed by atoms with E-state index in [9.17, 15) is 14.0 Å². The number of urea groups is 1. The molecule has 0 fully saturated rings. The van der Waals surface area contributed by atoms with Crippen LogP contribution < -0.4 is 16.4 Å². The Hall–Kier alpha value is -4.09. The lowest BCUT2D eigenvalue weighted by Crippen LogP contribution is -2.33. The summed E-state index contributed by atoms with van der Waals surface area (Å²) in [6.45, 7) is 1.67. The summed E-state index contributed by atoms with van der Waals surface area (Å²) in [7, 11) is 0. The summed E-state index contributed by atoms with van der Waals surface area (Å²) in [5.74, 6) is -0.766. The zero-order valence-electron chi connectivity index (χ0n) is 14.4. The first-order valence-corrected chi connectivity index (χ1v) is 8.08. The largest absolute Gasteiger partial charge is 0.417 e. The normalized spacial score (nSPS) is 12.1. The highest BCUT2D eigenvalue weighted by atomic mass is 19.1. The molecule has 11 nitrogen and oxygen atoms in total. The molecule has 0 bridgehead atoms. The summed E-state index contributed by atoms with van der Waals surface area (Å²) in [6.07, 6.45) is 4.41. The molecule has 1 aromatic carbocycles. The van der Waals surface area contributed by atoms with E-state index in [1.807, 2.05) is 0 Å². The van der Waals surface area contributed by atoms with Crippen molar-refractivity contribution in [3.8, 4) is 5.95 Å². The maximum absolute atomic E-state index is 14.1. The molecule has 142 valence electrons. The maximum atomic E-state index is 14.1. The zero-order valence-corrected chi connectivity index (χ0v) is 14.4. The number of oxazole rings is 1. The maximum Gasteiger partial charge on any atom is 0.417 e. The van der Waals surface area contributed by atoms with E-state index in [2.05, 4.69) is 35.7 Å². The number of benzene rings is 1. The Morgan fingerprint density at radius 2 is 2.07 bits per heavy atom. The molecule has 0 unspecified atom stereocenters. The van der Waals surface area contributed by atoms with Gasteiger partial charge in [0.1, 0.15) is 12.1 Å². The van der Waals surface area contributed by atoms with Crippen LogP contribution in [0.4, 0.5) is 14.9 Å². The number of aromatic nitrogens is 6. The molecule has 0 aliphatic carbocycles. The quantitative estimate of drug-likeness (QED) is 0.484. The van der Waals surface area contributed by atoms with Crippen LogP contribution in [-0.2, 0) is 0 Å². The summed E-state index contributed by atoms with van der Waals surface area (Å²) in [5, 5.41) is 9.05. The van der Waals surface area contributed by atoms with E-state index in [-0.39, 0.29) is 16.8 Å². The van der Waals surface area contributed by atoms with Crippen LogP contribution in [0.15, 0.2) is 46.1 Å². The van der Waals surface area contributed by atoms with E-state index in [0.29, 0.717) is 11.8 Å². The number of hydrogen-bond acceptors (Lipinski definition) is 7. The van der Waals surface area contributed by atoms with E-state index in [0.717, 1.165) is 6.07 Å². The number of carbonyl (C=O) groups is 1. The summed E-state index contributed by atoms with van der Waals surface area (Å²) in [6, 6.07) is 2.65.